The highest BCUT2D eigenvalue weighted by Crippen LogP contribution is 2.28. The Labute approximate surface area is 114 Å². The molecule has 1 aromatic rings. The molecule has 0 amide bonds. The van der Waals surface area contributed by atoms with Crippen molar-refractivity contribution in [2.45, 2.75) is 18.7 Å². The number of nitrogens with zero attached hydrogens (tertiary/aromatic N) is 1. The molecule has 0 unspecified atom stereocenters. The van der Waals surface area contributed by atoms with Crippen molar-refractivity contribution < 1.29 is 17.9 Å². The lowest BCUT2D eigenvalue weighted by atomic mass is 10.1. The van der Waals surface area contributed by atoms with Crippen molar-refractivity contribution >= 4 is 10.0 Å². The molecular formula is C13H19NO4S. The number of hydrogen-bond donors (Lipinski definition) is 0. The van der Waals surface area contributed by atoms with Crippen LogP contribution in [0.15, 0.2) is 17.0 Å². The molecule has 5 nitrogen and oxygen atoms in total. The van der Waals surface area contributed by atoms with E-state index in [1.165, 1.54) is 4.31 Å². The average molecular weight is 285 g/mol. The molecular weight excluding hydrogens is 266 g/mol. The van der Waals surface area contributed by atoms with Crippen LogP contribution in [0, 0.1) is 13.8 Å². The molecule has 0 aliphatic carbocycles. The maximum Gasteiger partial charge on any atom is 0.243 e. The lowest BCUT2D eigenvalue weighted by Gasteiger charge is -2.26. The van der Waals surface area contributed by atoms with Crippen molar-refractivity contribution in [1.82, 2.24) is 4.31 Å². The third kappa shape index (κ3) is 2.75. The quantitative estimate of drug-likeness (QED) is 0.841. The number of aryl methyl sites for hydroxylation is 2. The molecule has 0 aromatic heterocycles. The Bertz CT molecular complexity index is 539. The van der Waals surface area contributed by atoms with E-state index >= 15 is 0 Å². The van der Waals surface area contributed by atoms with Crippen molar-refractivity contribution in [1.29, 1.82) is 0 Å². The van der Waals surface area contributed by atoms with Crippen LogP contribution in [0.4, 0.5) is 0 Å². The number of hydrogen-bond acceptors (Lipinski definition) is 4. The second-order valence-electron chi connectivity index (χ2n) is 4.61. The zero-order chi connectivity index (χ0) is 14.0. The highest BCUT2D eigenvalue weighted by Gasteiger charge is 2.27. The van der Waals surface area contributed by atoms with Crippen LogP contribution in [0.2, 0.25) is 0 Å². The number of rotatable bonds is 3. The molecule has 0 spiro atoms. The van der Waals surface area contributed by atoms with Gasteiger partial charge in [-0.3, -0.25) is 0 Å². The van der Waals surface area contributed by atoms with Crippen LogP contribution < -0.4 is 4.74 Å². The maximum atomic E-state index is 12.5. The van der Waals surface area contributed by atoms with Crippen LogP contribution in [0.3, 0.4) is 0 Å². The summed E-state index contributed by atoms with van der Waals surface area (Å²) >= 11 is 0. The van der Waals surface area contributed by atoms with E-state index in [1.807, 2.05) is 13.8 Å². The van der Waals surface area contributed by atoms with Crippen molar-refractivity contribution in [2.24, 2.45) is 0 Å². The molecule has 1 saturated heterocycles. The minimum absolute atomic E-state index is 0.324. The van der Waals surface area contributed by atoms with E-state index in [2.05, 4.69) is 0 Å². The third-order valence-electron chi connectivity index (χ3n) is 3.25. The third-order valence-corrected chi connectivity index (χ3v) is 5.12. The molecule has 0 saturated carbocycles. The van der Waals surface area contributed by atoms with Crippen LogP contribution in [-0.2, 0) is 14.8 Å². The van der Waals surface area contributed by atoms with Crippen LogP contribution in [0.5, 0.6) is 5.75 Å². The average Bonchev–Trinajstić information content (AvgIpc) is 2.39. The fourth-order valence-electron chi connectivity index (χ4n) is 2.32. The largest absolute Gasteiger partial charge is 0.496 e. The van der Waals surface area contributed by atoms with Crippen molar-refractivity contribution in [3.8, 4) is 5.75 Å². The Morgan fingerprint density at radius 1 is 1.16 bits per heavy atom. The van der Waals surface area contributed by atoms with Crippen molar-refractivity contribution in [3.05, 3.63) is 23.3 Å². The summed E-state index contributed by atoms with van der Waals surface area (Å²) < 4.78 is 37.0. The van der Waals surface area contributed by atoms with E-state index < -0.39 is 10.0 Å². The van der Waals surface area contributed by atoms with E-state index in [0.29, 0.717) is 31.2 Å². The van der Waals surface area contributed by atoms with Crippen LogP contribution in [0.1, 0.15) is 11.1 Å². The lowest BCUT2D eigenvalue weighted by molar-refractivity contribution is 0.0730. The van der Waals surface area contributed by atoms with Gasteiger partial charge >= 0.3 is 0 Å². The zero-order valence-electron chi connectivity index (χ0n) is 11.5. The molecule has 106 valence electrons. The minimum Gasteiger partial charge on any atom is -0.496 e. The van der Waals surface area contributed by atoms with Gasteiger partial charge < -0.3 is 9.47 Å². The van der Waals surface area contributed by atoms with Crippen molar-refractivity contribution in [2.75, 3.05) is 33.4 Å². The number of methoxy groups -OCH3 is 1. The van der Waals surface area contributed by atoms with Gasteiger partial charge in [0, 0.05) is 13.1 Å². The summed E-state index contributed by atoms with van der Waals surface area (Å²) in [4.78, 5) is 0.324. The fraction of sp³-hybridized carbons (Fsp3) is 0.538. The Hall–Kier alpha value is -1.11. The van der Waals surface area contributed by atoms with Gasteiger partial charge in [0.25, 0.3) is 0 Å². The second-order valence-corrected chi connectivity index (χ2v) is 6.54. The van der Waals surface area contributed by atoms with E-state index in [-0.39, 0.29) is 0 Å². The molecule has 1 aromatic carbocycles. The normalized spacial score (nSPS) is 17.4. The predicted molar refractivity (Wildman–Crippen MR) is 72.0 cm³/mol. The van der Waals surface area contributed by atoms with Crippen LogP contribution >= 0.6 is 0 Å². The van der Waals surface area contributed by atoms with Gasteiger partial charge in [0.15, 0.2) is 0 Å². The Morgan fingerprint density at radius 2 is 1.68 bits per heavy atom. The van der Waals surface area contributed by atoms with Gasteiger partial charge in [-0.2, -0.15) is 4.31 Å². The molecule has 0 N–H and O–H groups in total. The first-order valence-corrected chi connectivity index (χ1v) is 7.64. The van der Waals surface area contributed by atoms with E-state index in [9.17, 15) is 8.42 Å². The predicted octanol–water partition coefficient (Wildman–Crippen LogP) is 1.33. The molecule has 6 heteroatoms. The van der Waals surface area contributed by atoms with Gasteiger partial charge in [-0.15, -0.1) is 0 Å². The molecule has 1 aliphatic rings. The first-order valence-electron chi connectivity index (χ1n) is 6.20. The van der Waals surface area contributed by atoms with Gasteiger partial charge in [-0.05, 0) is 37.1 Å². The fourth-order valence-corrected chi connectivity index (χ4v) is 3.90. The molecule has 1 aliphatic heterocycles. The minimum atomic E-state index is -3.43. The Kier molecular flexibility index (Phi) is 4.13. The number of benzene rings is 1. The van der Waals surface area contributed by atoms with Crippen LogP contribution in [0.25, 0.3) is 0 Å². The molecule has 0 bridgehead atoms. The van der Waals surface area contributed by atoms with Gasteiger partial charge in [-0.1, -0.05) is 0 Å². The Balaban J connectivity index is 2.40. The molecule has 19 heavy (non-hydrogen) atoms. The van der Waals surface area contributed by atoms with Gasteiger partial charge in [0.05, 0.1) is 25.2 Å². The van der Waals surface area contributed by atoms with Gasteiger partial charge in [0.2, 0.25) is 10.0 Å². The summed E-state index contributed by atoms with van der Waals surface area (Å²) in [5.41, 5.74) is 1.66. The van der Waals surface area contributed by atoms with E-state index in [0.717, 1.165) is 16.9 Å². The molecule has 2 rings (SSSR count). The van der Waals surface area contributed by atoms with E-state index in [1.54, 1.807) is 19.2 Å². The molecule has 1 fully saturated rings. The smallest absolute Gasteiger partial charge is 0.243 e. The van der Waals surface area contributed by atoms with Crippen LogP contribution in [-0.4, -0.2) is 46.1 Å². The standard InChI is InChI=1S/C13H19NO4S/c1-10-8-12(9-11(2)13(10)17-3)19(15,16)14-4-6-18-7-5-14/h8-9H,4-7H2,1-3H3. The molecule has 1 heterocycles. The molecule has 0 radical (unpaired) electrons. The first-order chi connectivity index (χ1) is 8.96. The summed E-state index contributed by atoms with van der Waals surface area (Å²) in [6, 6.07) is 3.33. The summed E-state index contributed by atoms with van der Waals surface area (Å²) in [6.07, 6.45) is 0. The summed E-state index contributed by atoms with van der Waals surface area (Å²) in [7, 11) is -1.85. The van der Waals surface area contributed by atoms with Gasteiger partial charge in [0.1, 0.15) is 5.75 Å². The summed E-state index contributed by atoms with van der Waals surface area (Å²) in [5.74, 6) is 0.737. The number of sulfonamides is 1. The summed E-state index contributed by atoms with van der Waals surface area (Å²) in [5, 5.41) is 0. The Morgan fingerprint density at radius 3 is 2.16 bits per heavy atom. The summed E-state index contributed by atoms with van der Waals surface area (Å²) in [6.45, 7) is 5.42. The topological polar surface area (TPSA) is 55.8 Å². The first kappa shape index (κ1) is 14.3. The monoisotopic (exact) mass is 285 g/mol. The lowest BCUT2D eigenvalue weighted by Crippen LogP contribution is -2.40. The zero-order valence-corrected chi connectivity index (χ0v) is 12.3. The van der Waals surface area contributed by atoms with Crippen molar-refractivity contribution in [3.63, 3.8) is 0 Å². The maximum absolute atomic E-state index is 12.5. The van der Waals surface area contributed by atoms with E-state index in [4.69, 9.17) is 9.47 Å². The highest BCUT2D eigenvalue weighted by molar-refractivity contribution is 7.89. The highest BCUT2D eigenvalue weighted by atomic mass is 32.2. The number of morpholine rings is 1. The second kappa shape index (κ2) is 5.48. The number of ether oxygens (including phenoxy) is 2. The van der Waals surface area contributed by atoms with Gasteiger partial charge in [-0.25, -0.2) is 8.42 Å². The molecule has 0 atom stereocenters. The SMILES string of the molecule is COc1c(C)cc(S(=O)(=O)N2CCOCC2)cc1C.